The Morgan fingerprint density at radius 1 is 1.29 bits per heavy atom. The highest BCUT2D eigenvalue weighted by molar-refractivity contribution is 7.90. The van der Waals surface area contributed by atoms with Crippen LogP contribution >= 0.6 is 11.6 Å². The van der Waals surface area contributed by atoms with Gasteiger partial charge in [0, 0.05) is 0 Å². The molecule has 76 valence electrons. The maximum atomic E-state index is 11.4. The summed E-state index contributed by atoms with van der Waals surface area (Å²) in [6, 6.07) is 5.90. The third-order valence-corrected chi connectivity index (χ3v) is 3.14. The Morgan fingerprint density at radius 2 is 1.86 bits per heavy atom. The van der Waals surface area contributed by atoms with Gasteiger partial charge >= 0.3 is 0 Å². The van der Waals surface area contributed by atoms with Crippen molar-refractivity contribution in [1.29, 1.82) is 0 Å². The van der Waals surface area contributed by atoms with Crippen LogP contribution in [0.15, 0.2) is 33.6 Å². The van der Waals surface area contributed by atoms with Gasteiger partial charge in [-0.15, -0.1) is 4.40 Å². The zero-order valence-corrected chi connectivity index (χ0v) is 8.59. The van der Waals surface area contributed by atoms with Gasteiger partial charge in [-0.3, -0.25) is 0 Å². The highest BCUT2D eigenvalue weighted by Gasteiger charge is 2.16. The zero-order valence-electron chi connectivity index (χ0n) is 7.01. The molecule has 0 saturated heterocycles. The number of sulfonamides is 1. The summed E-state index contributed by atoms with van der Waals surface area (Å²) >= 11 is 5.66. The number of nitrogens with zero attached hydrogens (tertiary/aromatic N) is 1. The van der Waals surface area contributed by atoms with Crippen molar-refractivity contribution in [3.05, 3.63) is 29.3 Å². The van der Waals surface area contributed by atoms with Crippen LogP contribution in [-0.2, 0) is 10.0 Å². The van der Waals surface area contributed by atoms with Gasteiger partial charge in [0.15, 0.2) is 0 Å². The largest absolute Gasteiger partial charge is 0.369 e. The zero-order chi connectivity index (χ0) is 10.8. The molecule has 0 saturated carbocycles. The van der Waals surface area contributed by atoms with Crippen LogP contribution in [-0.4, -0.2) is 14.4 Å². The molecule has 0 heterocycles. The number of hydrogen-bond donors (Lipinski definition) is 2. The molecule has 0 aliphatic carbocycles. The number of rotatable bonds is 2. The van der Waals surface area contributed by atoms with Gasteiger partial charge in [0.25, 0.3) is 10.0 Å². The molecule has 4 N–H and O–H groups in total. The molecular weight excluding hydrogens is 226 g/mol. The van der Waals surface area contributed by atoms with Crippen LogP contribution in [0.4, 0.5) is 0 Å². The van der Waals surface area contributed by atoms with Gasteiger partial charge in [0.05, 0.1) is 5.02 Å². The van der Waals surface area contributed by atoms with Crippen molar-refractivity contribution in [3.8, 4) is 0 Å². The van der Waals surface area contributed by atoms with Crippen molar-refractivity contribution in [1.82, 2.24) is 0 Å². The molecule has 0 bridgehead atoms. The summed E-state index contributed by atoms with van der Waals surface area (Å²) in [5.74, 6) is -0.523. The fourth-order valence-electron chi connectivity index (χ4n) is 0.842. The van der Waals surface area contributed by atoms with Gasteiger partial charge in [-0.25, -0.2) is 0 Å². The van der Waals surface area contributed by atoms with E-state index in [1.165, 1.54) is 18.2 Å². The predicted octanol–water partition coefficient (Wildman–Crippen LogP) is 0.302. The molecule has 0 radical (unpaired) electrons. The number of guanidine groups is 1. The number of nitrogens with two attached hydrogens (primary N) is 2. The molecule has 0 fully saturated rings. The van der Waals surface area contributed by atoms with Crippen LogP contribution < -0.4 is 11.5 Å². The molecule has 0 atom stereocenters. The highest BCUT2D eigenvalue weighted by Crippen LogP contribution is 2.21. The summed E-state index contributed by atoms with van der Waals surface area (Å²) < 4.78 is 26.0. The van der Waals surface area contributed by atoms with Crippen LogP contribution in [0.1, 0.15) is 0 Å². The molecule has 0 amide bonds. The molecule has 0 aliphatic heterocycles. The van der Waals surface area contributed by atoms with Crippen molar-refractivity contribution in [3.63, 3.8) is 0 Å². The quantitative estimate of drug-likeness (QED) is 0.567. The normalized spacial score (nSPS) is 10.9. The third kappa shape index (κ3) is 2.36. The fourth-order valence-corrected chi connectivity index (χ4v) is 2.21. The summed E-state index contributed by atoms with van der Waals surface area (Å²) in [7, 11) is -3.88. The second-order valence-electron chi connectivity index (χ2n) is 2.42. The Labute approximate surface area is 86.4 Å². The number of hydrogen-bond acceptors (Lipinski definition) is 2. The average molecular weight is 234 g/mol. The van der Waals surface area contributed by atoms with Crippen molar-refractivity contribution < 1.29 is 8.42 Å². The first-order chi connectivity index (χ1) is 6.43. The molecule has 0 unspecified atom stereocenters. The van der Waals surface area contributed by atoms with E-state index in [0.29, 0.717) is 0 Å². The lowest BCUT2D eigenvalue weighted by atomic mass is 10.4. The lowest BCUT2D eigenvalue weighted by Crippen LogP contribution is -2.24. The van der Waals surface area contributed by atoms with Crippen molar-refractivity contribution in [2.24, 2.45) is 15.9 Å². The molecule has 0 aliphatic rings. The Balaban J connectivity index is 3.32. The summed E-state index contributed by atoms with van der Waals surface area (Å²) in [5, 5.41) is 0.0810. The minimum Gasteiger partial charge on any atom is -0.369 e. The van der Waals surface area contributed by atoms with E-state index in [1.807, 2.05) is 0 Å². The second-order valence-corrected chi connectivity index (χ2v) is 4.40. The summed E-state index contributed by atoms with van der Waals surface area (Å²) in [6.07, 6.45) is 0. The van der Waals surface area contributed by atoms with Crippen molar-refractivity contribution in [2.45, 2.75) is 4.90 Å². The SMILES string of the molecule is NC(N)=NS(=O)(=O)c1ccccc1Cl. The first kappa shape index (κ1) is 10.8. The maximum Gasteiger partial charge on any atom is 0.287 e. The van der Waals surface area contributed by atoms with E-state index in [-0.39, 0.29) is 9.92 Å². The van der Waals surface area contributed by atoms with E-state index in [4.69, 9.17) is 23.1 Å². The molecule has 7 heteroatoms. The Bertz CT molecular complexity index is 466. The molecule has 1 rings (SSSR count). The number of halogens is 1. The number of benzene rings is 1. The lowest BCUT2D eigenvalue weighted by molar-refractivity contribution is 0.598. The van der Waals surface area contributed by atoms with Crippen LogP contribution in [0.5, 0.6) is 0 Å². The molecule has 0 spiro atoms. The standard InChI is InChI=1S/C7H8ClN3O2S/c8-5-3-1-2-4-6(5)14(12,13)11-7(9)10/h1-4H,(H4,9,10,11). The van der Waals surface area contributed by atoms with Gasteiger partial charge in [0.1, 0.15) is 4.90 Å². The van der Waals surface area contributed by atoms with Crippen LogP contribution in [0.3, 0.4) is 0 Å². The molecular formula is C7H8ClN3O2S. The van der Waals surface area contributed by atoms with E-state index < -0.39 is 16.0 Å². The minimum atomic E-state index is -3.88. The molecule has 1 aromatic carbocycles. The van der Waals surface area contributed by atoms with Crippen molar-refractivity contribution >= 4 is 27.6 Å². The van der Waals surface area contributed by atoms with Gasteiger partial charge in [-0.1, -0.05) is 23.7 Å². The Morgan fingerprint density at radius 3 is 2.36 bits per heavy atom. The predicted molar refractivity (Wildman–Crippen MR) is 54.4 cm³/mol. The van der Waals surface area contributed by atoms with E-state index in [0.717, 1.165) is 0 Å². The van der Waals surface area contributed by atoms with Gasteiger partial charge in [-0.05, 0) is 12.1 Å². The van der Waals surface area contributed by atoms with Crippen molar-refractivity contribution in [2.75, 3.05) is 0 Å². The maximum absolute atomic E-state index is 11.4. The minimum absolute atomic E-state index is 0.0810. The summed E-state index contributed by atoms with van der Waals surface area (Å²) in [4.78, 5) is -0.116. The van der Waals surface area contributed by atoms with Crippen LogP contribution in [0.2, 0.25) is 5.02 Å². The molecule has 0 aromatic heterocycles. The van der Waals surface area contributed by atoms with E-state index >= 15 is 0 Å². The summed E-state index contributed by atoms with van der Waals surface area (Å²) in [5.41, 5.74) is 9.94. The molecule has 5 nitrogen and oxygen atoms in total. The molecule has 14 heavy (non-hydrogen) atoms. The first-order valence-electron chi connectivity index (χ1n) is 3.54. The van der Waals surface area contributed by atoms with Gasteiger partial charge < -0.3 is 11.5 Å². The second kappa shape index (κ2) is 3.85. The molecule has 1 aromatic rings. The van der Waals surface area contributed by atoms with Crippen LogP contribution in [0, 0.1) is 0 Å². The smallest absolute Gasteiger partial charge is 0.287 e. The fraction of sp³-hybridized carbons (Fsp3) is 0. The van der Waals surface area contributed by atoms with Gasteiger partial charge in [-0.2, -0.15) is 8.42 Å². The average Bonchev–Trinajstić information content (AvgIpc) is 2.02. The van der Waals surface area contributed by atoms with Crippen LogP contribution in [0.25, 0.3) is 0 Å². The van der Waals surface area contributed by atoms with E-state index in [1.54, 1.807) is 6.07 Å². The Hall–Kier alpha value is -1.27. The first-order valence-corrected chi connectivity index (χ1v) is 5.36. The highest BCUT2D eigenvalue weighted by atomic mass is 35.5. The lowest BCUT2D eigenvalue weighted by Gasteiger charge is -2.00. The van der Waals surface area contributed by atoms with Gasteiger partial charge in [0.2, 0.25) is 5.96 Å². The van der Waals surface area contributed by atoms with E-state index in [9.17, 15) is 8.42 Å². The topological polar surface area (TPSA) is 98.5 Å². The Kier molecular flexibility index (Phi) is 2.97. The third-order valence-electron chi connectivity index (χ3n) is 1.34. The summed E-state index contributed by atoms with van der Waals surface area (Å²) in [6.45, 7) is 0. The van der Waals surface area contributed by atoms with E-state index in [2.05, 4.69) is 4.40 Å². The monoisotopic (exact) mass is 233 g/mol.